The lowest BCUT2D eigenvalue weighted by Crippen LogP contribution is -2.47. The van der Waals surface area contributed by atoms with Crippen molar-refractivity contribution in [3.63, 3.8) is 0 Å². The number of Topliss-reactive ketones (excluding diaryl/α,β-unsaturated/α-hetero) is 1. The van der Waals surface area contributed by atoms with E-state index in [0.717, 1.165) is 12.0 Å². The Morgan fingerprint density at radius 1 is 1.21 bits per heavy atom. The molecular weight excluding hydrogens is 364 g/mol. The highest BCUT2D eigenvalue weighted by Crippen LogP contribution is 2.41. The first-order chi connectivity index (χ1) is 13.1. The maximum absolute atomic E-state index is 13.4. The van der Waals surface area contributed by atoms with Crippen LogP contribution in [0.5, 0.6) is 0 Å². The predicted molar refractivity (Wildman–Crippen MR) is 99.3 cm³/mol. The normalized spacial score (nSPS) is 43.6. The molecule has 8 unspecified atom stereocenters. The number of esters is 2. The maximum Gasteiger partial charge on any atom is 0.341 e. The summed E-state index contributed by atoms with van der Waals surface area (Å²) in [5.41, 5.74) is 0.00433. The summed E-state index contributed by atoms with van der Waals surface area (Å²) in [5.74, 6) is -2.83. The van der Waals surface area contributed by atoms with E-state index in [1.54, 1.807) is 34.8 Å². The molecule has 3 rings (SSSR count). The molecule has 0 radical (unpaired) electrons. The van der Waals surface area contributed by atoms with Gasteiger partial charge in [0.15, 0.2) is 17.5 Å². The van der Waals surface area contributed by atoms with Crippen molar-refractivity contribution in [1.29, 1.82) is 0 Å². The molecule has 0 saturated carbocycles. The van der Waals surface area contributed by atoms with Crippen molar-refractivity contribution in [3.8, 4) is 0 Å². The summed E-state index contributed by atoms with van der Waals surface area (Å²) in [6.45, 7) is 8.89. The van der Waals surface area contributed by atoms with E-state index in [-0.39, 0.29) is 24.0 Å². The van der Waals surface area contributed by atoms with Gasteiger partial charge >= 0.3 is 11.9 Å². The van der Waals surface area contributed by atoms with Crippen molar-refractivity contribution in [2.45, 2.75) is 77.5 Å². The fourth-order valence-corrected chi connectivity index (χ4v) is 4.20. The largest absolute Gasteiger partial charge is 0.457 e. The zero-order valence-electron chi connectivity index (χ0n) is 17.4. The number of ketones is 1. The highest BCUT2D eigenvalue weighted by molar-refractivity contribution is 5.91. The van der Waals surface area contributed by atoms with E-state index in [2.05, 4.69) is 0 Å². The number of hydrogen-bond acceptors (Lipinski definition) is 7. The topological polar surface area (TPSA) is 91.4 Å². The van der Waals surface area contributed by atoms with Crippen LogP contribution in [-0.4, -0.2) is 54.8 Å². The molecule has 0 spiro atoms. The molecular formula is C21H30O7. The maximum atomic E-state index is 13.4. The third-order valence-electron chi connectivity index (χ3n) is 6.57. The van der Waals surface area contributed by atoms with Gasteiger partial charge in [0.2, 0.25) is 0 Å². The van der Waals surface area contributed by atoms with Crippen molar-refractivity contribution in [1.82, 2.24) is 0 Å². The molecule has 0 aromatic heterocycles. The molecule has 0 aromatic carbocycles. The summed E-state index contributed by atoms with van der Waals surface area (Å²) in [5, 5.41) is 0. The lowest BCUT2D eigenvalue weighted by atomic mass is 9.78. The molecule has 2 aliphatic heterocycles. The lowest BCUT2D eigenvalue weighted by Gasteiger charge is -2.32. The average Bonchev–Trinajstić information content (AvgIpc) is 3.17. The van der Waals surface area contributed by atoms with Crippen molar-refractivity contribution in [2.75, 3.05) is 7.11 Å². The summed E-state index contributed by atoms with van der Waals surface area (Å²) in [7, 11) is 1.58. The van der Waals surface area contributed by atoms with Gasteiger partial charge in [-0.25, -0.2) is 4.79 Å². The average molecular weight is 394 g/mol. The summed E-state index contributed by atoms with van der Waals surface area (Å²) in [6.07, 6.45) is 1.01. The van der Waals surface area contributed by atoms with E-state index in [1.807, 2.05) is 13.0 Å². The minimum absolute atomic E-state index is 0.245. The second-order valence-electron chi connectivity index (χ2n) is 8.48. The number of allylic oxidation sites excluding steroid dienone is 1. The minimum Gasteiger partial charge on any atom is -0.457 e. The fourth-order valence-electron chi connectivity index (χ4n) is 4.20. The monoisotopic (exact) mass is 394 g/mol. The number of methoxy groups -OCH3 is 1. The Kier molecular flexibility index (Phi) is 5.69. The smallest absolute Gasteiger partial charge is 0.341 e. The van der Waals surface area contributed by atoms with Crippen LogP contribution in [0.2, 0.25) is 0 Å². The van der Waals surface area contributed by atoms with Crippen molar-refractivity contribution >= 4 is 17.7 Å². The van der Waals surface area contributed by atoms with Crippen molar-refractivity contribution in [2.24, 2.45) is 17.8 Å². The molecule has 0 amide bonds. The third-order valence-corrected chi connectivity index (χ3v) is 6.57. The van der Waals surface area contributed by atoms with Crippen LogP contribution in [-0.2, 0) is 33.3 Å². The molecule has 3 aliphatic rings. The quantitative estimate of drug-likeness (QED) is 0.412. The second-order valence-corrected chi connectivity index (χ2v) is 8.48. The Bertz CT molecular complexity index is 699. The zero-order chi connectivity index (χ0) is 20.8. The predicted octanol–water partition coefficient (Wildman–Crippen LogP) is 2.21. The summed E-state index contributed by atoms with van der Waals surface area (Å²) < 4.78 is 22.2. The summed E-state index contributed by atoms with van der Waals surface area (Å²) in [4.78, 5) is 38.4. The van der Waals surface area contributed by atoms with E-state index < -0.39 is 41.5 Å². The fraction of sp³-hybridized carbons (Fsp3) is 0.762. The van der Waals surface area contributed by atoms with Gasteiger partial charge in [0, 0.05) is 13.0 Å². The Morgan fingerprint density at radius 2 is 1.86 bits per heavy atom. The van der Waals surface area contributed by atoms with Crippen LogP contribution in [0.25, 0.3) is 0 Å². The molecule has 2 fully saturated rings. The number of carbonyl (C=O) groups excluding carboxylic acids is 3. The summed E-state index contributed by atoms with van der Waals surface area (Å²) in [6, 6.07) is 0. The highest BCUT2D eigenvalue weighted by Gasteiger charge is 2.59. The molecule has 1 aliphatic carbocycles. The summed E-state index contributed by atoms with van der Waals surface area (Å²) >= 11 is 0. The standard InChI is InChI=1S/C21H30O7/c1-10-7-8-14(25-6)11(2)17(22)18(27-20(24)21(5)13(4)28-21)16-12(3)19(23)26-15(16)9-10/h9,11-16,18H,7-8H2,1-6H3. The Hall–Kier alpha value is -1.73. The first kappa shape index (κ1) is 21.0. The zero-order valence-corrected chi connectivity index (χ0v) is 17.4. The van der Waals surface area contributed by atoms with E-state index in [4.69, 9.17) is 18.9 Å². The van der Waals surface area contributed by atoms with E-state index in [9.17, 15) is 14.4 Å². The minimum atomic E-state index is -1.10. The van der Waals surface area contributed by atoms with Gasteiger partial charge in [-0.3, -0.25) is 9.59 Å². The molecule has 0 bridgehead atoms. The van der Waals surface area contributed by atoms with E-state index in [1.165, 1.54) is 0 Å². The molecule has 2 saturated heterocycles. The van der Waals surface area contributed by atoms with Crippen LogP contribution in [0.3, 0.4) is 0 Å². The van der Waals surface area contributed by atoms with E-state index in [0.29, 0.717) is 6.42 Å². The van der Waals surface area contributed by atoms with Crippen LogP contribution >= 0.6 is 0 Å². The van der Waals surface area contributed by atoms with Gasteiger partial charge in [-0.15, -0.1) is 0 Å². The first-order valence-electron chi connectivity index (χ1n) is 9.93. The third kappa shape index (κ3) is 3.62. The molecule has 7 heteroatoms. The number of hydrogen-bond donors (Lipinski definition) is 0. The molecule has 0 aromatic rings. The van der Waals surface area contributed by atoms with Gasteiger partial charge in [0.05, 0.1) is 24.0 Å². The molecule has 28 heavy (non-hydrogen) atoms. The number of fused-ring (bicyclic) bond motifs is 1. The van der Waals surface area contributed by atoms with Gasteiger partial charge < -0.3 is 18.9 Å². The van der Waals surface area contributed by atoms with Gasteiger partial charge in [0.25, 0.3) is 0 Å². The van der Waals surface area contributed by atoms with Crippen molar-refractivity contribution in [3.05, 3.63) is 11.6 Å². The second kappa shape index (κ2) is 7.59. The molecule has 156 valence electrons. The number of carbonyl (C=O) groups is 3. The van der Waals surface area contributed by atoms with Crippen LogP contribution in [0.4, 0.5) is 0 Å². The number of ether oxygens (including phenoxy) is 4. The van der Waals surface area contributed by atoms with E-state index >= 15 is 0 Å². The number of rotatable bonds is 3. The van der Waals surface area contributed by atoms with Gasteiger partial charge in [-0.2, -0.15) is 0 Å². The first-order valence-corrected chi connectivity index (χ1v) is 9.93. The molecule has 7 nitrogen and oxygen atoms in total. The van der Waals surface area contributed by atoms with Gasteiger partial charge in [-0.1, -0.05) is 19.4 Å². The Labute approximate surface area is 165 Å². The van der Waals surface area contributed by atoms with Gasteiger partial charge in [-0.05, 0) is 39.7 Å². The molecule has 0 N–H and O–H groups in total. The Balaban J connectivity index is 1.98. The Morgan fingerprint density at radius 3 is 2.43 bits per heavy atom. The van der Waals surface area contributed by atoms with Crippen LogP contribution in [0.1, 0.15) is 47.5 Å². The lowest BCUT2D eigenvalue weighted by molar-refractivity contribution is -0.167. The SMILES string of the molecule is COC1CCC(C)=CC2OC(=O)C(C)C2C(OC(=O)C2(C)OC2C)C(=O)C1C. The van der Waals surface area contributed by atoms with Crippen LogP contribution < -0.4 is 0 Å². The number of epoxide rings is 1. The van der Waals surface area contributed by atoms with Crippen LogP contribution in [0, 0.1) is 17.8 Å². The highest BCUT2D eigenvalue weighted by atomic mass is 16.7. The van der Waals surface area contributed by atoms with Crippen molar-refractivity contribution < 1.29 is 33.3 Å². The molecule has 8 atom stereocenters. The van der Waals surface area contributed by atoms with Gasteiger partial charge in [0.1, 0.15) is 6.10 Å². The van der Waals surface area contributed by atoms with Crippen LogP contribution in [0.15, 0.2) is 11.6 Å². The molecule has 2 heterocycles.